The zero-order valence-corrected chi connectivity index (χ0v) is 13.0. The summed E-state index contributed by atoms with van der Waals surface area (Å²) in [5, 5.41) is 3.68. The summed E-state index contributed by atoms with van der Waals surface area (Å²) in [4.78, 5) is 12.5. The summed E-state index contributed by atoms with van der Waals surface area (Å²) in [5.74, 6) is 6.70. The predicted octanol–water partition coefficient (Wildman–Crippen LogP) is 3.54. The van der Waals surface area contributed by atoms with Crippen molar-refractivity contribution in [3.63, 3.8) is 0 Å². The van der Waals surface area contributed by atoms with Crippen LogP contribution in [0, 0.1) is 11.8 Å². The molecule has 2 aromatic heterocycles. The first kappa shape index (κ1) is 15.0. The first-order valence-electron chi connectivity index (χ1n) is 7.03. The number of benzene rings is 1. The standard InChI is InChI=1S/C18H13ClN4/c19-17-12-14(8-9-21-17)6-7-16-18(22-11-10-20-16)23-13-15-4-2-1-3-5-15/h1-5,8-12H,13H2,(H,22,23). The van der Waals surface area contributed by atoms with Gasteiger partial charge in [-0.15, -0.1) is 0 Å². The Morgan fingerprint density at radius 1 is 0.913 bits per heavy atom. The number of aromatic nitrogens is 3. The van der Waals surface area contributed by atoms with Crippen molar-refractivity contribution >= 4 is 17.4 Å². The summed E-state index contributed by atoms with van der Waals surface area (Å²) >= 11 is 5.86. The Morgan fingerprint density at radius 2 is 1.74 bits per heavy atom. The second-order valence-electron chi connectivity index (χ2n) is 4.71. The number of hydrogen-bond donors (Lipinski definition) is 1. The highest BCUT2D eigenvalue weighted by molar-refractivity contribution is 6.29. The van der Waals surface area contributed by atoms with E-state index in [0.29, 0.717) is 23.2 Å². The second kappa shape index (κ2) is 7.39. The summed E-state index contributed by atoms with van der Waals surface area (Å²) in [6.45, 7) is 0.662. The number of nitrogens with zero attached hydrogens (tertiary/aromatic N) is 3. The SMILES string of the molecule is Clc1cc(C#Cc2nccnc2NCc2ccccc2)ccn1. The van der Waals surface area contributed by atoms with Crippen molar-refractivity contribution in [3.05, 3.63) is 83.0 Å². The van der Waals surface area contributed by atoms with Crippen molar-refractivity contribution in [3.8, 4) is 11.8 Å². The van der Waals surface area contributed by atoms with Crippen LogP contribution >= 0.6 is 11.6 Å². The van der Waals surface area contributed by atoms with Crippen LogP contribution in [0.5, 0.6) is 0 Å². The van der Waals surface area contributed by atoms with Gasteiger partial charge >= 0.3 is 0 Å². The minimum absolute atomic E-state index is 0.415. The molecule has 2 heterocycles. The zero-order valence-electron chi connectivity index (χ0n) is 12.2. The lowest BCUT2D eigenvalue weighted by molar-refractivity contribution is 1.08. The molecule has 0 radical (unpaired) electrons. The van der Waals surface area contributed by atoms with Gasteiger partial charge in [-0.25, -0.2) is 15.0 Å². The lowest BCUT2D eigenvalue weighted by Gasteiger charge is -2.06. The van der Waals surface area contributed by atoms with Crippen LogP contribution in [0.25, 0.3) is 0 Å². The first-order chi connectivity index (χ1) is 11.3. The molecule has 0 atom stereocenters. The fraction of sp³-hybridized carbons (Fsp3) is 0.0556. The molecule has 0 spiro atoms. The van der Waals surface area contributed by atoms with E-state index in [1.54, 1.807) is 30.7 Å². The van der Waals surface area contributed by atoms with Crippen LogP contribution in [0.3, 0.4) is 0 Å². The topological polar surface area (TPSA) is 50.7 Å². The van der Waals surface area contributed by atoms with Gasteiger partial charge in [-0.05, 0) is 23.6 Å². The van der Waals surface area contributed by atoms with E-state index in [1.165, 1.54) is 0 Å². The number of nitrogens with one attached hydrogen (secondary N) is 1. The molecular weight excluding hydrogens is 308 g/mol. The van der Waals surface area contributed by atoms with Gasteiger partial charge in [0, 0.05) is 30.7 Å². The van der Waals surface area contributed by atoms with Gasteiger partial charge in [0.05, 0.1) is 0 Å². The van der Waals surface area contributed by atoms with Crippen molar-refractivity contribution in [1.82, 2.24) is 15.0 Å². The lowest BCUT2D eigenvalue weighted by Crippen LogP contribution is -2.04. The van der Waals surface area contributed by atoms with Gasteiger partial charge in [-0.1, -0.05) is 47.9 Å². The van der Waals surface area contributed by atoms with Crippen LogP contribution < -0.4 is 5.32 Å². The Bertz CT molecular complexity index is 853. The van der Waals surface area contributed by atoms with E-state index in [4.69, 9.17) is 11.6 Å². The largest absolute Gasteiger partial charge is 0.364 e. The van der Waals surface area contributed by atoms with Crippen molar-refractivity contribution in [2.45, 2.75) is 6.54 Å². The summed E-state index contributed by atoms with van der Waals surface area (Å²) in [7, 11) is 0. The van der Waals surface area contributed by atoms with E-state index in [0.717, 1.165) is 11.1 Å². The Kier molecular flexibility index (Phi) is 4.82. The van der Waals surface area contributed by atoms with Crippen LogP contribution in [-0.4, -0.2) is 15.0 Å². The molecule has 0 saturated carbocycles. The molecule has 0 aliphatic heterocycles. The van der Waals surface area contributed by atoms with Gasteiger partial charge in [-0.3, -0.25) is 0 Å². The van der Waals surface area contributed by atoms with E-state index in [2.05, 4.69) is 32.1 Å². The average molecular weight is 321 g/mol. The third-order valence-electron chi connectivity index (χ3n) is 3.05. The quantitative estimate of drug-likeness (QED) is 0.592. The molecule has 0 saturated heterocycles. The third-order valence-corrected chi connectivity index (χ3v) is 3.26. The van der Waals surface area contributed by atoms with Crippen LogP contribution in [0.4, 0.5) is 5.82 Å². The molecule has 0 amide bonds. The number of hydrogen-bond acceptors (Lipinski definition) is 4. The monoisotopic (exact) mass is 320 g/mol. The summed E-state index contributed by atoms with van der Waals surface area (Å²) in [6.07, 6.45) is 4.89. The number of rotatable bonds is 3. The molecule has 0 aliphatic rings. The van der Waals surface area contributed by atoms with E-state index < -0.39 is 0 Å². The van der Waals surface area contributed by atoms with Gasteiger partial charge in [0.2, 0.25) is 0 Å². The van der Waals surface area contributed by atoms with Crippen LogP contribution in [0.2, 0.25) is 5.15 Å². The molecule has 1 aromatic carbocycles. The Labute approximate surface area is 139 Å². The lowest BCUT2D eigenvalue weighted by atomic mass is 10.2. The van der Waals surface area contributed by atoms with Gasteiger partial charge in [0.15, 0.2) is 11.5 Å². The number of anilines is 1. The smallest absolute Gasteiger partial charge is 0.161 e. The van der Waals surface area contributed by atoms with Gasteiger partial charge in [-0.2, -0.15) is 0 Å². The van der Waals surface area contributed by atoms with Crippen molar-refractivity contribution < 1.29 is 0 Å². The van der Waals surface area contributed by atoms with Gasteiger partial charge in [0.1, 0.15) is 5.15 Å². The van der Waals surface area contributed by atoms with Crippen LogP contribution in [0.15, 0.2) is 61.1 Å². The molecule has 0 bridgehead atoms. The van der Waals surface area contributed by atoms with Crippen molar-refractivity contribution in [2.24, 2.45) is 0 Å². The molecule has 0 unspecified atom stereocenters. The fourth-order valence-electron chi connectivity index (χ4n) is 1.95. The molecule has 0 aliphatic carbocycles. The second-order valence-corrected chi connectivity index (χ2v) is 5.10. The number of pyridine rings is 1. The minimum atomic E-state index is 0.415. The van der Waals surface area contributed by atoms with E-state index in [-0.39, 0.29) is 0 Å². The maximum Gasteiger partial charge on any atom is 0.161 e. The van der Waals surface area contributed by atoms with Crippen LogP contribution in [-0.2, 0) is 6.54 Å². The van der Waals surface area contributed by atoms with E-state index in [9.17, 15) is 0 Å². The molecule has 4 nitrogen and oxygen atoms in total. The predicted molar refractivity (Wildman–Crippen MR) is 91.0 cm³/mol. The van der Waals surface area contributed by atoms with Crippen molar-refractivity contribution in [1.29, 1.82) is 0 Å². The van der Waals surface area contributed by atoms with E-state index >= 15 is 0 Å². The van der Waals surface area contributed by atoms with Crippen LogP contribution in [0.1, 0.15) is 16.8 Å². The van der Waals surface area contributed by atoms with E-state index in [1.807, 2.05) is 30.3 Å². The highest BCUT2D eigenvalue weighted by Gasteiger charge is 2.02. The molecule has 0 fully saturated rings. The summed E-state index contributed by atoms with van der Waals surface area (Å²) in [6, 6.07) is 13.6. The molecular formula is C18H13ClN4. The highest BCUT2D eigenvalue weighted by Crippen LogP contribution is 2.10. The summed E-state index contributed by atoms with van der Waals surface area (Å²) < 4.78 is 0. The Hall–Kier alpha value is -2.90. The first-order valence-corrected chi connectivity index (χ1v) is 7.41. The number of halogens is 1. The highest BCUT2D eigenvalue weighted by atomic mass is 35.5. The molecule has 3 rings (SSSR count). The minimum Gasteiger partial charge on any atom is -0.364 e. The summed E-state index contributed by atoms with van der Waals surface area (Å²) in [5.41, 5.74) is 2.54. The molecule has 3 aromatic rings. The molecule has 23 heavy (non-hydrogen) atoms. The molecule has 5 heteroatoms. The third kappa shape index (κ3) is 4.29. The van der Waals surface area contributed by atoms with Gasteiger partial charge < -0.3 is 5.32 Å². The Morgan fingerprint density at radius 3 is 2.57 bits per heavy atom. The maximum absolute atomic E-state index is 5.86. The molecule has 1 N–H and O–H groups in total. The van der Waals surface area contributed by atoms with Gasteiger partial charge in [0.25, 0.3) is 0 Å². The Balaban J connectivity index is 1.79. The average Bonchev–Trinajstić information content (AvgIpc) is 2.60. The zero-order chi connectivity index (χ0) is 15.9. The fourth-order valence-corrected chi connectivity index (χ4v) is 2.13. The normalized spacial score (nSPS) is 9.78. The molecule has 112 valence electrons. The van der Waals surface area contributed by atoms with Crippen molar-refractivity contribution in [2.75, 3.05) is 5.32 Å². The maximum atomic E-state index is 5.86.